The zero-order valence-electron chi connectivity index (χ0n) is 20.0. The molecule has 4 aromatic rings. The average molecular weight is 531 g/mol. The molecule has 0 bridgehead atoms. The summed E-state index contributed by atoms with van der Waals surface area (Å²) in [7, 11) is 0. The molecule has 0 aliphatic heterocycles. The first-order valence-electron chi connectivity index (χ1n) is 11.1. The quantitative estimate of drug-likeness (QED) is 0.294. The summed E-state index contributed by atoms with van der Waals surface area (Å²) in [5, 5.41) is 31.9. The van der Waals surface area contributed by atoms with E-state index in [1.54, 1.807) is 0 Å². The maximum Gasteiger partial charge on any atom is 0.408 e. The molecule has 11 nitrogen and oxygen atoms in total. The van der Waals surface area contributed by atoms with Crippen LogP contribution in [0.15, 0.2) is 43.2 Å². The maximum atomic E-state index is 14.2. The number of amides is 1. The number of hydrogen-bond acceptors (Lipinski definition) is 8. The van der Waals surface area contributed by atoms with E-state index >= 15 is 0 Å². The van der Waals surface area contributed by atoms with Crippen LogP contribution in [0.2, 0.25) is 0 Å². The second-order valence-corrected chi connectivity index (χ2v) is 8.89. The van der Waals surface area contributed by atoms with Gasteiger partial charge in [0.15, 0.2) is 5.65 Å². The minimum Gasteiger partial charge on any atom is -0.387 e. The predicted octanol–water partition coefficient (Wildman–Crippen LogP) is 3.00. The zero-order chi connectivity index (χ0) is 27.7. The van der Waals surface area contributed by atoms with Crippen LogP contribution in [0.5, 0.6) is 0 Å². The number of fused-ring (bicyclic) bond motifs is 1. The number of nitriles is 1. The first-order valence-corrected chi connectivity index (χ1v) is 11.1. The van der Waals surface area contributed by atoms with Crippen molar-refractivity contribution in [3.8, 4) is 17.3 Å². The van der Waals surface area contributed by atoms with Gasteiger partial charge in [-0.1, -0.05) is 0 Å². The Kier molecular flexibility index (Phi) is 7.01. The van der Waals surface area contributed by atoms with Crippen molar-refractivity contribution >= 4 is 22.9 Å². The monoisotopic (exact) mass is 531 g/mol. The van der Waals surface area contributed by atoms with Gasteiger partial charge in [-0.15, -0.1) is 0 Å². The van der Waals surface area contributed by atoms with Gasteiger partial charge in [-0.2, -0.15) is 28.6 Å². The van der Waals surface area contributed by atoms with Crippen LogP contribution in [0.4, 0.5) is 28.9 Å². The fourth-order valence-corrected chi connectivity index (χ4v) is 3.38. The molecule has 0 aromatic carbocycles. The summed E-state index contributed by atoms with van der Waals surface area (Å²) in [6, 6.07) is 3.41. The summed E-state index contributed by atoms with van der Waals surface area (Å²) in [6.07, 6.45) is 1.50. The van der Waals surface area contributed by atoms with E-state index in [1.807, 2.05) is 6.07 Å². The number of anilines is 2. The third-order valence-electron chi connectivity index (χ3n) is 5.37. The molecule has 0 aliphatic carbocycles. The summed E-state index contributed by atoms with van der Waals surface area (Å²) in [6.45, 7) is 0.717. The average Bonchev–Trinajstić information content (AvgIpc) is 3.46. The van der Waals surface area contributed by atoms with Crippen molar-refractivity contribution in [1.82, 2.24) is 34.7 Å². The minimum atomic E-state index is -4.48. The molecule has 0 saturated heterocycles. The van der Waals surface area contributed by atoms with Crippen LogP contribution in [0.1, 0.15) is 29.8 Å². The lowest BCUT2D eigenvalue weighted by Crippen LogP contribution is -2.42. The van der Waals surface area contributed by atoms with E-state index in [0.717, 1.165) is 12.4 Å². The van der Waals surface area contributed by atoms with Crippen molar-refractivity contribution in [2.75, 3.05) is 11.9 Å². The number of carbonyl (C=O) groups is 1. The second-order valence-electron chi connectivity index (χ2n) is 8.89. The number of hydrogen-bond donors (Lipinski definition) is 3. The topological polar surface area (TPSA) is 146 Å². The molecule has 0 saturated carbocycles. The van der Waals surface area contributed by atoms with E-state index in [2.05, 4.69) is 30.8 Å². The Labute approximate surface area is 212 Å². The highest BCUT2D eigenvalue weighted by Crippen LogP contribution is 2.29. The minimum absolute atomic E-state index is 0.0449. The van der Waals surface area contributed by atoms with Crippen molar-refractivity contribution in [3.05, 3.63) is 54.4 Å². The number of aromatic nitrogens is 6. The predicted molar refractivity (Wildman–Crippen MR) is 126 cm³/mol. The van der Waals surface area contributed by atoms with Crippen LogP contribution in [-0.4, -0.2) is 64.9 Å². The van der Waals surface area contributed by atoms with E-state index in [0.29, 0.717) is 21.6 Å². The molecule has 198 valence electrons. The molecule has 0 radical (unpaired) electrons. The van der Waals surface area contributed by atoms with Gasteiger partial charge < -0.3 is 15.7 Å². The number of rotatable bonds is 8. The normalized spacial score (nSPS) is 12.8. The number of alkyl halides is 4. The number of nitrogens with zero attached hydrogens (tertiary/aromatic N) is 7. The van der Waals surface area contributed by atoms with Crippen molar-refractivity contribution in [1.29, 1.82) is 5.26 Å². The number of carbonyl (C=O) groups excluding carboxylic acids is 1. The molecule has 0 spiro atoms. The van der Waals surface area contributed by atoms with Gasteiger partial charge in [0, 0.05) is 18.6 Å². The number of aliphatic hydroxyl groups is 1. The van der Waals surface area contributed by atoms with Crippen LogP contribution in [-0.2, 0) is 6.54 Å². The van der Waals surface area contributed by atoms with Crippen molar-refractivity contribution < 1.29 is 27.5 Å². The van der Waals surface area contributed by atoms with Crippen LogP contribution in [0.3, 0.4) is 0 Å². The molecule has 0 aliphatic rings. The van der Waals surface area contributed by atoms with Crippen molar-refractivity contribution in [2.45, 2.75) is 38.3 Å². The standard InChI is InChI=1S/C23H21F4N9O2/c1-22(2,38)19(24)9-31-21(37)16-7-29-17(15-8-33-36-10-13(4-28)5-30-20(15)36)3-18(16)34-14-6-32-35(11-14)12-23(25,26)27/h3,5-8,10-11,19,38H,9,12H2,1-2H3,(H,29,34)(H,31,37). The van der Waals surface area contributed by atoms with Gasteiger partial charge >= 0.3 is 6.18 Å². The van der Waals surface area contributed by atoms with Crippen LogP contribution in [0.25, 0.3) is 16.9 Å². The molecule has 15 heteroatoms. The van der Waals surface area contributed by atoms with Crippen molar-refractivity contribution in [3.63, 3.8) is 0 Å². The van der Waals surface area contributed by atoms with E-state index in [-0.39, 0.29) is 22.5 Å². The van der Waals surface area contributed by atoms with Gasteiger partial charge in [0.05, 0.1) is 64.5 Å². The smallest absolute Gasteiger partial charge is 0.387 e. The fourth-order valence-electron chi connectivity index (χ4n) is 3.38. The van der Waals surface area contributed by atoms with E-state index in [4.69, 9.17) is 5.26 Å². The van der Waals surface area contributed by atoms with E-state index < -0.39 is 36.9 Å². The molecule has 4 heterocycles. The molecule has 1 unspecified atom stereocenters. The third-order valence-corrected chi connectivity index (χ3v) is 5.37. The molecular weight excluding hydrogens is 510 g/mol. The Morgan fingerprint density at radius 1 is 1.16 bits per heavy atom. The molecule has 3 N–H and O–H groups in total. The summed E-state index contributed by atoms with van der Waals surface area (Å²) >= 11 is 0. The van der Waals surface area contributed by atoms with Gasteiger partial charge in [-0.25, -0.2) is 13.9 Å². The summed E-state index contributed by atoms with van der Waals surface area (Å²) in [5.74, 6) is -0.738. The fraction of sp³-hybridized carbons (Fsp3) is 0.304. The Morgan fingerprint density at radius 2 is 1.92 bits per heavy atom. The Balaban J connectivity index is 1.69. The first-order chi connectivity index (χ1) is 17.8. The van der Waals surface area contributed by atoms with Gasteiger partial charge in [-0.05, 0) is 19.9 Å². The Morgan fingerprint density at radius 3 is 2.61 bits per heavy atom. The summed E-state index contributed by atoms with van der Waals surface area (Å²) in [4.78, 5) is 21.4. The highest BCUT2D eigenvalue weighted by molar-refractivity contribution is 6.00. The molecular formula is C23H21F4N9O2. The van der Waals surface area contributed by atoms with Crippen LogP contribution >= 0.6 is 0 Å². The largest absolute Gasteiger partial charge is 0.408 e. The second kappa shape index (κ2) is 10.1. The molecule has 0 fully saturated rings. The van der Waals surface area contributed by atoms with Gasteiger partial charge in [0.1, 0.15) is 18.8 Å². The Bertz CT molecular complexity index is 1520. The van der Waals surface area contributed by atoms with E-state index in [1.165, 1.54) is 49.2 Å². The number of pyridine rings is 1. The SMILES string of the molecule is CC(C)(O)C(F)CNC(=O)c1cnc(-c2cnn3cc(C#N)cnc23)cc1Nc1cnn(CC(F)(F)F)c1. The first kappa shape index (κ1) is 26.5. The molecule has 4 rings (SSSR count). The number of halogens is 4. The lowest BCUT2D eigenvalue weighted by Gasteiger charge is -2.22. The van der Waals surface area contributed by atoms with Gasteiger partial charge in [0.25, 0.3) is 5.91 Å². The Hall–Kier alpha value is -4.58. The molecule has 4 aromatic heterocycles. The van der Waals surface area contributed by atoms with E-state index in [9.17, 15) is 27.5 Å². The highest BCUT2D eigenvalue weighted by atomic mass is 19.4. The summed E-state index contributed by atoms with van der Waals surface area (Å²) in [5.41, 5.74) is -0.0578. The van der Waals surface area contributed by atoms with Gasteiger partial charge in [0.2, 0.25) is 0 Å². The summed E-state index contributed by atoms with van der Waals surface area (Å²) < 4.78 is 54.5. The molecule has 1 amide bonds. The van der Waals surface area contributed by atoms with Crippen molar-refractivity contribution in [2.24, 2.45) is 0 Å². The molecule has 1 atom stereocenters. The zero-order valence-corrected chi connectivity index (χ0v) is 20.0. The lowest BCUT2D eigenvalue weighted by molar-refractivity contribution is -0.142. The van der Waals surface area contributed by atoms with Gasteiger partial charge in [-0.3, -0.25) is 14.5 Å². The maximum absolute atomic E-state index is 14.2. The van der Waals surface area contributed by atoms with Crippen LogP contribution < -0.4 is 10.6 Å². The highest BCUT2D eigenvalue weighted by Gasteiger charge is 2.29. The third kappa shape index (κ3) is 6.03. The lowest BCUT2D eigenvalue weighted by atomic mass is 10.0. The van der Waals surface area contributed by atoms with Crippen LogP contribution in [0, 0.1) is 11.3 Å². The molecule has 38 heavy (non-hydrogen) atoms. The number of nitrogens with one attached hydrogen (secondary N) is 2.